The highest BCUT2D eigenvalue weighted by Crippen LogP contribution is 1.98. The third kappa shape index (κ3) is 0.285. The van der Waals surface area contributed by atoms with Crippen molar-refractivity contribution in [2.75, 3.05) is 0 Å². The molecule has 0 aliphatic carbocycles. The zero-order valence-electron chi connectivity index (χ0n) is 2.75. The first-order chi connectivity index (χ1) is 2.89. The first-order valence-electron chi connectivity index (χ1n) is 1.28. The van der Waals surface area contributed by atoms with E-state index in [4.69, 9.17) is 5.11 Å². The van der Waals surface area contributed by atoms with Gasteiger partial charge < -0.3 is 5.11 Å². The quantitative estimate of drug-likeness (QED) is 0.436. The van der Waals surface area contributed by atoms with Crippen molar-refractivity contribution >= 4 is 0 Å². The second kappa shape index (κ2) is 0.914. The fourth-order valence-electron chi connectivity index (χ4n) is 0.143. The normalized spacial score (nSPS) is 15.7. The van der Waals surface area contributed by atoms with E-state index in [1.165, 1.54) is 0 Å². The second-order valence-corrected chi connectivity index (χ2v) is 0.690. The van der Waals surface area contributed by atoms with Crippen LogP contribution in [0.3, 0.4) is 0 Å². The molecule has 0 bridgehead atoms. The summed E-state index contributed by atoms with van der Waals surface area (Å²) in [6, 6.07) is 0. The van der Waals surface area contributed by atoms with Crippen LogP contribution in [0.4, 0.5) is 0 Å². The Morgan fingerprint density at radius 2 is 2.67 bits per heavy atom. The largest absolute Gasteiger partial charge is 0.604 e. The predicted molar refractivity (Wildman–Crippen MR) is 15.3 cm³/mol. The summed E-state index contributed by atoms with van der Waals surface area (Å²) in [5.41, 5.74) is 0. The molecule has 0 unspecified atom stereocenters. The fourth-order valence-corrected chi connectivity index (χ4v) is 0.143. The standard InChI is InChI=1S/C2N2O2/c5-2-1-3-4-6-2/p+1. The highest BCUT2D eigenvalue weighted by Gasteiger charge is 2.16. The van der Waals surface area contributed by atoms with E-state index in [9.17, 15) is 0 Å². The van der Waals surface area contributed by atoms with Gasteiger partial charge in [0, 0.05) is 0 Å². The van der Waals surface area contributed by atoms with Crippen LogP contribution in [0.2, 0.25) is 0 Å². The summed E-state index contributed by atoms with van der Waals surface area (Å²) < 4.78 is 0. The van der Waals surface area contributed by atoms with E-state index in [0.717, 1.165) is 0 Å². The maximum Gasteiger partial charge on any atom is 0.604 e. The Morgan fingerprint density at radius 3 is 2.83 bits per heavy atom. The number of hydrogen-bond acceptors (Lipinski definition) is 4. The highest BCUT2D eigenvalue weighted by atomic mass is 16.7. The molecule has 0 spiro atoms. The van der Waals surface area contributed by atoms with Crippen molar-refractivity contribution in [2.24, 2.45) is 10.4 Å². The molecule has 30 valence electrons. The Balaban J connectivity index is 2.61. The van der Waals surface area contributed by atoms with Crippen LogP contribution in [-0.4, -0.2) is 5.11 Å². The van der Waals surface area contributed by atoms with Crippen LogP contribution in [0.25, 0.3) is 0 Å². The number of aliphatic hydroxyl groups excluding tert-OH is 1. The molecule has 0 saturated carbocycles. The molecule has 0 saturated heterocycles. The third-order valence-corrected chi connectivity index (χ3v) is 0.314. The Kier molecular flexibility index (Phi) is 0.465. The van der Waals surface area contributed by atoms with Gasteiger partial charge in [-0.2, -0.15) is 0 Å². The minimum absolute atomic E-state index is 0.380. The molecular weight excluding hydrogens is 84.0 g/mol. The van der Waals surface area contributed by atoms with Gasteiger partial charge in [-0.05, 0) is 0 Å². The smallest absolute Gasteiger partial charge is 0.436 e. The Morgan fingerprint density at radius 1 is 1.83 bits per heavy atom. The molecule has 1 aliphatic rings. The minimum atomic E-state index is -0.380. The highest BCUT2D eigenvalue weighted by molar-refractivity contribution is 4.69. The minimum Gasteiger partial charge on any atom is -0.436 e. The molecule has 1 heterocycles. The zero-order chi connectivity index (χ0) is 4.41. The van der Waals surface area contributed by atoms with Crippen molar-refractivity contribution in [1.82, 2.24) is 0 Å². The van der Waals surface area contributed by atoms with Crippen LogP contribution in [0.5, 0.6) is 0 Å². The van der Waals surface area contributed by atoms with Crippen LogP contribution < -0.4 is 0 Å². The molecule has 0 radical (unpaired) electrons. The van der Waals surface area contributed by atoms with Gasteiger partial charge in [0.25, 0.3) is 0 Å². The van der Waals surface area contributed by atoms with E-state index in [1.54, 1.807) is 0 Å². The fraction of sp³-hybridized carbons (Fsp3) is 0. The molecule has 0 aromatic rings. The van der Waals surface area contributed by atoms with E-state index in [0.29, 0.717) is 0 Å². The average Bonchev–Trinajstić information content (AvgIpc) is 1.86. The van der Waals surface area contributed by atoms with Crippen LogP contribution in [0.1, 0.15) is 0 Å². The van der Waals surface area contributed by atoms with Gasteiger partial charge in [0.2, 0.25) is 0 Å². The molecule has 1 aliphatic heterocycles. The maximum absolute atomic E-state index is 8.12. The molecule has 0 amide bonds. The Bertz CT molecular complexity index is 106. The van der Waals surface area contributed by atoms with Gasteiger partial charge in [0.1, 0.15) is 0 Å². The monoisotopic (exact) mass is 85.0 g/mol. The zero-order valence-corrected chi connectivity index (χ0v) is 2.75. The van der Waals surface area contributed by atoms with Crippen molar-refractivity contribution in [3.63, 3.8) is 0 Å². The van der Waals surface area contributed by atoms with E-state index in [2.05, 4.69) is 15.2 Å². The number of aliphatic hydroxyl groups is 1. The summed E-state index contributed by atoms with van der Waals surface area (Å²) in [4.78, 5) is 3.97. The maximum atomic E-state index is 8.12. The van der Waals surface area contributed by atoms with E-state index in [1.807, 2.05) is 6.20 Å². The van der Waals surface area contributed by atoms with E-state index in [-0.39, 0.29) is 5.95 Å². The summed E-state index contributed by atoms with van der Waals surface area (Å²) >= 11 is 0. The molecular formula is C2HN2O2+. The van der Waals surface area contributed by atoms with Gasteiger partial charge >= 0.3 is 12.1 Å². The number of nitrogens with zero attached hydrogens (tertiary/aromatic N) is 2. The lowest BCUT2D eigenvalue weighted by atomic mass is 10.9. The molecule has 0 aromatic heterocycles. The summed E-state index contributed by atoms with van der Waals surface area (Å²) in [6.45, 7) is 0. The van der Waals surface area contributed by atoms with Crippen LogP contribution in [0, 0.1) is 6.20 Å². The SMILES string of the molecule is OC1=[C+]N=NO1. The molecule has 0 fully saturated rings. The molecule has 1 rings (SSSR count). The molecule has 4 nitrogen and oxygen atoms in total. The van der Waals surface area contributed by atoms with Crippen LogP contribution in [-0.2, 0) is 4.84 Å². The molecule has 1 N–H and O–H groups in total. The summed E-state index contributed by atoms with van der Waals surface area (Å²) in [7, 11) is 0. The topological polar surface area (TPSA) is 54.2 Å². The van der Waals surface area contributed by atoms with Gasteiger partial charge in [-0.25, -0.2) is 4.84 Å². The predicted octanol–water partition coefficient (Wildman–Crippen LogP) is 0.544. The molecule has 4 heteroatoms. The van der Waals surface area contributed by atoms with Crippen molar-refractivity contribution in [1.29, 1.82) is 0 Å². The van der Waals surface area contributed by atoms with Crippen molar-refractivity contribution in [3.05, 3.63) is 12.1 Å². The van der Waals surface area contributed by atoms with Crippen molar-refractivity contribution in [3.8, 4) is 0 Å². The van der Waals surface area contributed by atoms with Gasteiger partial charge in [-0.1, -0.05) is 0 Å². The first-order valence-corrected chi connectivity index (χ1v) is 1.28. The first kappa shape index (κ1) is 3.06. The van der Waals surface area contributed by atoms with Crippen molar-refractivity contribution in [2.45, 2.75) is 0 Å². The number of hydrogen-bond donors (Lipinski definition) is 1. The lowest BCUT2D eigenvalue weighted by Crippen LogP contribution is -1.72. The lowest BCUT2D eigenvalue weighted by Gasteiger charge is -1.66. The summed E-state index contributed by atoms with van der Waals surface area (Å²) in [5, 5.41) is 14.0. The van der Waals surface area contributed by atoms with E-state index < -0.39 is 0 Å². The average molecular weight is 85.0 g/mol. The number of rotatable bonds is 0. The van der Waals surface area contributed by atoms with Gasteiger partial charge in [-0.3, -0.25) is 0 Å². The van der Waals surface area contributed by atoms with Gasteiger partial charge in [0.15, 0.2) is 5.11 Å². The van der Waals surface area contributed by atoms with Crippen molar-refractivity contribution < 1.29 is 9.94 Å². The Labute approximate surface area is 33.7 Å². The molecule has 0 aromatic carbocycles. The van der Waals surface area contributed by atoms with Gasteiger partial charge in [0.05, 0.1) is 5.28 Å². The second-order valence-electron chi connectivity index (χ2n) is 0.690. The van der Waals surface area contributed by atoms with E-state index >= 15 is 0 Å². The Hall–Kier alpha value is -1.15. The molecule has 0 atom stereocenters. The summed E-state index contributed by atoms with van der Waals surface area (Å²) in [6.07, 6.45) is 2.03. The molecule has 6 heavy (non-hydrogen) atoms. The third-order valence-electron chi connectivity index (χ3n) is 0.314. The van der Waals surface area contributed by atoms with Gasteiger partial charge in [-0.15, -0.1) is 0 Å². The van der Waals surface area contributed by atoms with Crippen LogP contribution in [0.15, 0.2) is 16.3 Å². The summed E-state index contributed by atoms with van der Waals surface area (Å²) in [5.74, 6) is -0.380. The van der Waals surface area contributed by atoms with Crippen LogP contribution >= 0.6 is 0 Å². The lowest BCUT2D eigenvalue weighted by molar-refractivity contribution is 0.102.